The number of fused-ring (bicyclic) bond motifs is 2. The van der Waals surface area contributed by atoms with Crippen LogP contribution in [0.5, 0.6) is 0 Å². The van der Waals surface area contributed by atoms with E-state index in [4.69, 9.17) is 23.7 Å². The normalized spacial score (nSPS) is 45.5. The lowest BCUT2D eigenvalue weighted by molar-refractivity contribution is -0.209. The standard InChI is InChI=1S/C13H19FO6/c1-11(2)17-7-5-13(6-14)10(19-12(3,4)20-13)16-9(15)8(7)18-11/h7-8,10H,5-6H2,1-4H3/t7-,8-,10-,13+/m1/s1. The van der Waals surface area contributed by atoms with E-state index in [2.05, 4.69) is 0 Å². The Morgan fingerprint density at radius 3 is 2.50 bits per heavy atom. The second-order valence-electron chi connectivity index (χ2n) is 6.39. The molecule has 3 aliphatic heterocycles. The lowest BCUT2D eigenvalue weighted by Gasteiger charge is -2.29. The number of carbonyl (C=O) groups excluding carboxylic acids is 1. The second kappa shape index (κ2) is 4.13. The minimum Gasteiger partial charge on any atom is -0.430 e. The minimum absolute atomic E-state index is 0.136. The van der Waals surface area contributed by atoms with Gasteiger partial charge in [-0.3, -0.25) is 0 Å². The fraction of sp³-hybridized carbons (Fsp3) is 0.923. The van der Waals surface area contributed by atoms with Crippen LogP contribution in [0.2, 0.25) is 0 Å². The summed E-state index contributed by atoms with van der Waals surface area (Å²) in [5, 5.41) is 0. The fourth-order valence-corrected chi connectivity index (χ4v) is 3.04. The number of halogens is 1. The van der Waals surface area contributed by atoms with Crippen molar-refractivity contribution in [2.45, 2.75) is 69.8 Å². The van der Waals surface area contributed by atoms with Gasteiger partial charge in [-0.2, -0.15) is 0 Å². The molecular formula is C13H19FO6. The second-order valence-corrected chi connectivity index (χ2v) is 6.39. The van der Waals surface area contributed by atoms with Crippen LogP contribution in [-0.2, 0) is 28.5 Å². The molecule has 0 aliphatic carbocycles. The van der Waals surface area contributed by atoms with Crippen molar-refractivity contribution < 1.29 is 32.9 Å². The van der Waals surface area contributed by atoms with E-state index in [1.807, 2.05) is 0 Å². The van der Waals surface area contributed by atoms with Gasteiger partial charge < -0.3 is 23.7 Å². The molecule has 0 N–H and O–H groups in total. The Hall–Kier alpha value is -0.760. The first-order chi connectivity index (χ1) is 9.16. The number of rotatable bonds is 1. The lowest BCUT2D eigenvalue weighted by Crippen LogP contribution is -2.45. The fourth-order valence-electron chi connectivity index (χ4n) is 3.04. The van der Waals surface area contributed by atoms with Crippen LogP contribution in [0.15, 0.2) is 0 Å². The van der Waals surface area contributed by atoms with Gasteiger partial charge in [-0.05, 0) is 27.7 Å². The number of hydrogen-bond acceptors (Lipinski definition) is 6. The molecule has 3 heterocycles. The first-order valence-electron chi connectivity index (χ1n) is 6.66. The van der Waals surface area contributed by atoms with Gasteiger partial charge >= 0.3 is 5.97 Å². The summed E-state index contributed by atoms with van der Waals surface area (Å²) in [6.45, 7) is 5.87. The number of ether oxygens (including phenoxy) is 5. The molecule has 0 amide bonds. The summed E-state index contributed by atoms with van der Waals surface area (Å²) in [5.74, 6) is -2.53. The third-order valence-corrected chi connectivity index (χ3v) is 3.68. The van der Waals surface area contributed by atoms with E-state index in [1.165, 1.54) is 0 Å². The van der Waals surface area contributed by atoms with Gasteiger partial charge in [0.15, 0.2) is 23.3 Å². The van der Waals surface area contributed by atoms with Crippen molar-refractivity contribution in [3.05, 3.63) is 0 Å². The highest BCUT2D eigenvalue weighted by Gasteiger charge is 2.63. The molecule has 3 rings (SSSR count). The van der Waals surface area contributed by atoms with Crippen molar-refractivity contribution in [1.29, 1.82) is 0 Å². The SMILES string of the molecule is CC1(C)O[C@@H]2C[C@@]3(CF)OC(C)(C)O[C@H]3OC(=O)[C@@H]2O1. The van der Waals surface area contributed by atoms with Crippen LogP contribution in [0.3, 0.4) is 0 Å². The van der Waals surface area contributed by atoms with E-state index in [-0.39, 0.29) is 6.42 Å². The van der Waals surface area contributed by atoms with Crippen LogP contribution in [0.4, 0.5) is 4.39 Å². The van der Waals surface area contributed by atoms with Crippen LogP contribution in [0.1, 0.15) is 34.1 Å². The summed E-state index contributed by atoms with van der Waals surface area (Å²) in [6.07, 6.45) is -2.45. The zero-order valence-corrected chi connectivity index (χ0v) is 12.0. The number of esters is 1. The minimum atomic E-state index is -1.34. The molecule has 3 aliphatic rings. The molecule has 0 aromatic heterocycles. The topological polar surface area (TPSA) is 63.2 Å². The molecule has 0 spiro atoms. The van der Waals surface area contributed by atoms with Gasteiger partial charge in [0.25, 0.3) is 0 Å². The van der Waals surface area contributed by atoms with Crippen LogP contribution >= 0.6 is 0 Å². The number of carbonyl (C=O) groups is 1. The quantitative estimate of drug-likeness (QED) is 0.678. The van der Waals surface area contributed by atoms with Crippen LogP contribution < -0.4 is 0 Å². The van der Waals surface area contributed by atoms with Crippen molar-refractivity contribution in [2.75, 3.05) is 6.67 Å². The average Bonchev–Trinajstić information content (AvgIpc) is 2.70. The Morgan fingerprint density at radius 1 is 1.15 bits per heavy atom. The molecule has 0 unspecified atom stereocenters. The maximum absolute atomic E-state index is 13.6. The summed E-state index contributed by atoms with van der Waals surface area (Å²) in [7, 11) is 0. The average molecular weight is 290 g/mol. The summed E-state index contributed by atoms with van der Waals surface area (Å²) >= 11 is 0. The van der Waals surface area contributed by atoms with Crippen LogP contribution in [0.25, 0.3) is 0 Å². The maximum Gasteiger partial charge on any atom is 0.340 e. The smallest absolute Gasteiger partial charge is 0.340 e. The highest BCUT2D eigenvalue weighted by atomic mass is 19.1. The van der Waals surface area contributed by atoms with Crippen molar-refractivity contribution in [2.24, 2.45) is 0 Å². The predicted molar refractivity (Wildman–Crippen MR) is 63.3 cm³/mol. The van der Waals surface area contributed by atoms with Crippen LogP contribution in [-0.4, -0.2) is 48.3 Å². The van der Waals surface area contributed by atoms with Crippen molar-refractivity contribution in [3.8, 4) is 0 Å². The summed E-state index contributed by atoms with van der Waals surface area (Å²) < 4.78 is 41.3. The highest BCUT2D eigenvalue weighted by Crippen LogP contribution is 2.46. The predicted octanol–water partition coefficient (Wildman–Crippen LogP) is 1.27. The summed E-state index contributed by atoms with van der Waals surface area (Å²) in [5.41, 5.74) is -1.34. The molecule has 20 heavy (non-hydrogen) atoms. The molecule has 6 nitrogen and oxygen atoms in total. The Bertz CT molecular complexity index is 437. The van der Waals surface area contributed by atoms with Gasteiger partial charge in [0, 0.05) is 6.42 Å². The van der Waals surface area contributed by atoms with E-state index in [0.29, 0.717) is 0 Å². The molecule has 0 radical (unpaired) electrons. The first kappa shape index (κ1) is 14.2. The summed E-state index contributed by atoms with van der Waals surface area (Å²) in [4.78, 5) is 12.1. The molecule has 0 bridgehead atoms. The molecule has 0 saturated carbocycles. The van der Waals surface area contributed by atoms with Gasteiger partial charge in [-0.25, -0.2) is 9.18 Å². The van der Waals surface area contributed by atoms with E-state index >= 15 is 0 Å². The van der Waals surface area contributed by atoms with Gasteiger partial charge in [0.1, 0.15) is 12.8 Å². The highest BCUT2D eigenvalue weighted by molar-refractivity contribution is 5.76. The third kappa shape index (κ3) is 2.13. The molecule has 114 valence electrons. The monoisotopic (exact) mass is 290 g/mol. The number of hydrogen-bond donors (Lipinski definition) is 0. The third-order valence-electron chi connectivity index (χ3n) is 3.68. The van der Waals surface area contributed by atoms with E-state index in [9.17, 15) is 9.18 Å². The van der Waals surface area contributed by atoms with E-state index in [0.717, 1.165) is 0 Å². The number of alkyl halides is 1. The van der Waals surface area contributed by atoms with Crippen molar-refractivity contribution >= 4 is 5.97 Å². The van der Waals surface area contributed by atoms with Gasteiger partial charge in [-0.15, -0.1) is 0 Å². The summed E-state index contributed by atoms with van der Waals surface area (Å²) in [6, 6.07) is 0. The molecule has 3 saturated heterocycles. The Balaban J connectivity index is 1.92. The first-order valence-corrected chi connectivity index (χ1v) is 6.66. The molecule has 0 aromatic rings. The molecular weight excluding hydrogens is 271 g/mol. The van der Waals surface area contributed by atoms with Gasteiger partial charge in [0.2, 0.25) is 6.29 Å². The lowest BCUT2D eigenvalue weighted by atomic mass is 9.95. The molecule has 4 atom stereocenters. The maximum atomic E-state index is 13.6. The molecule has 0 aromatic carbocycles. The van der Waals surface area contributed by atoms with Crippen molar-refractivity contribution in [3.63, 3.8) is 0 Å². The Labute approximate surface area is 116 Å². The molecule has 3 fully saturated rings. The zero-order chi connectivity index (χ0) is 14.8. The largest absolute Gasteiger partial charge is 0.430 e. The molecule has 7 heteroatoms. The van der Waals surface area contributed by atoms with Gasteiger partial charge in [-0.1, -0.05) is 0 Å². The Kier molecular flexibility index (Phi) is 2.93. The van der Waals surface area contributed by atoms with Crippen LogP contribution in [0, 0.1) is 0 Å². The Morgan fingerprint density at radius 2 is 1.85 bits per heavy atom. The van der Waals surface area contributed by atoms with E-state index in [1.54, 1.807) is 27.7 Å². The zero-order valence-electron chi connectivity index (χ0n) is 12.0. The van der Waals surface area contributed by atoms with Crippen molar-refractivity contribution in [1.82, 2.24) is 0 Å². The van der Waals surface area contributed by atoms with E-state index < -0.39 is 48.3 Å². The van der Waals surface area contributed by atoms with Gasteiger partial charge in [0.05, 0.1) is 0 Å².